The van der Waals surface area contributed by atoms with Gasteiger partial charge in [-0.25, -0.2) is 9.78 Å². The minimum Gasteiger partial charge on any atom is -0.478 e. The van der Waals surface area contributed by atoms with Crippen molar-refractivity contribution in [3.63, 3.8) is 0 Å². The lowest BCUT2D eigenvalue weighted by Crippen LogP contribution is -2.15. The van der Waals surface area contributed by atoms with Gasteiger partial charge in [0.2, 0.25) is 0 Å². The van der Waals surface area contributed by atoms with Crippen LogP contribution in [-0.4, -0.2) is 32.0 Å². The standard InChI is InChI=1S/C14H16N2O2S/c17-14(18)11-4-1-5-16-12(11)8-15-13(16)7-10-3-2-6-19-9-10/h1,4-5,8,10H,2-3,6-7,9H2,(H,17,18). The van der Waals surface area contributed by atoms with E-state index in [0.717, 1.165) is 12.2 Å². The summed E-state index contributed by atoms with van der Waals surface area (Å²) >= 11 is 2.01. The fourth-order valence-electron chi connectivity index (χ4n) is 2.63. The summed E-state index contributed by atoms with van der Waals surface area (Å²) < 4.78 is 1.92. The van der Waals surface area contributed by atoms with Gasteiger partial charge < -0.3 is 9.51 Å². The van der Waals surface area contributed by atoms with Gasteiger partial charge in [0.05, 0.1) is 17.3 Å². The zero-order chi connectivity index (χ0) is 13.2. The number of aromatic carboxylic acids is 1. The third-order valence-corrected chi connectivity index (χ3v) is 4.89. The highest BCUT2D eigenvalue weighted by molar-refractivity contribution is 7.99. The Balaban J connectivity index is 1.92. The van der Waals surface area contributed by atoms with Gasteiger partial charge in [0, 0.05) is 12.6 Å². The van der Waals surface area contributed by atoms with Gasteiger partial charge in [-0.15, -0.1) is 0 Å². The van der Waals surface area contributed by atoms with Crippen molar-refractivity contribution in [1.82, 2.24) is 9.38 Å². The second-order valence-electron chi connectivity index (χ2n) is 4.94. The van der Waals surface area contributed by atoms with E-state index in [1.165, 1.54) is 24.3 Å². The molecule has 0 aromatic carbocycles. The molecule has 19 heavy (non-hydrogen) atoms. The average molecular weight is 276 g/mol. The predicted octanol–water partition coefficient (Wildman–Crippen LogP) is 2.72. The van der Waals surface area contributed by atoms with Gasteiger partial charge >= 0.3 is 5.97 Å². The lowest BCUT2D eigenvalue weighted by Gasteiger charge is -2.20. The summed E-state index contributed by atoms with van der Waals surface area (Å²) in [6, 6.07) is 3.40. The van der Waals surface area contributed by atoms with E-state index in [-0.39, 0.29) is 0 Å². The molecule has 0 bridgehead atoms. The van der Waals surface area contributed by atoms with Gasteiger partial charge in [-0.1, -0.05) is 0 Å². The maximum absolute atomic E-state index is 11.2. The van der Waals surface area contributed by atoms with Crippen LogP contribution in [0.3, 0.4) is 0 Å². The Labute approximate surface area is 115 Å². The Bertz CT molecular complexity index is 603. The number of hydrogen-bond acceptors (Lipinski definition) is 3. The predicted molar refractivity (Wildman–Crippen MR) is 75.9 cm³/mol. The van der Waals surface area contributed by atoms with Gasteiger partial charge in [0.25, 0.3) is 0 Å². The molecule has 3 rings (SSSR count). The maximum atomic E-state index is 11.2. The second kappa shape index (κ2) is 5.25. The Kier molecular flexibility index (Phi) is 3.46. The lowest BCUT2D eigenvalue weighted by atomic mass is 10.0. The first-order valence-electron chi connectivity index (χ1n) is 6.51. The van der Waals surface area contributed by atoms with Crippen LogP contribution in [-0.2, 0) is 6.42 Å². The van der Waals surface area contributed by atoms with E-state index < -0.39 is 5.97 Å². The van der Waals surface area contributed by atoms with E-state index >= 15 is 0 Å². The van der Waals surface area contributed by atoms with Crippen LogP contribution in [0.2, 0.25) is 0 Å². The number of carbonyl (C=O) groups is 1. The summed E-state index contributed by atoms with van der Waals surface area (Å²) in [5.74, 6) is 3.20. The first-order valence-corrected chi connectivity index (χ1v) is 7.67. The van der Waals surface area contributed by atoms with Crippen LogP contribution in [0.25, 0.3) is 5.52 Å². The molecule has 0 aliphatic carbocycles. The molecule has 0 spiro atoms. The van der Waals surface area contributed by atoms with Gasteiger partial charge in [0.15, 0.2) is 0 Å². The highest BCUT2D eigenvalue weighted by Crippen LogP contribution is 2.26. The molecule has 2 aromatic rings. The highest BCUT2D eigenvalue weighted by Gasteiger charge is 2.18. The first-order chi connectivity index (χ1) is 9.25. The van der Waals surface area contributed by atoms with Gasteiger partial charge in [-0.3, -0.25) is 0 Å². The smallest absolute Gasteiger partial charge is 0.337 e. The van der Waals surface area contributed by atoms with E-state index in [1.54, 1.807) is 18.3 Å². The molecular weight excluding hydrogens is 260 g/mol. The van der Waals surface area contributed by atoms with Crippen LogP contribution in [0.15, 0.2) is 24.5 Å². The van der Waals surface area contributed by atoms with Crippen molar-refractivity contribution < 1.29 is 9.90 Å². The topological polar surface area (TPSA) is 54.6 Å². The van der Waals surface area contributed by atoms with Crippen molar-refractivity contribution in [2.75, 3.05) is 11.5 Å². The number of imidazole rings is 1. The number of aromatic nitrogens is 2. The summed E-state index contributed by atoms with van der Waals surface area (Å²) in [7, 11) is 0. The van der Waals surface area contributed by atoms with E-state index in [1.807, 2.05) is 22.4 Å². The number of thioether (sulfide) groups is 1. The number of rotatable bonds is 3. The zero-order valence-electron chi connectivity index (χ0n) is 10.6. The molecule has 0 radical (unpaired) electrons. The van der Waals surface area contributed by atoms with Crippen molar-refractivity contribution in [3.05, 3.63) is 35.9 Å². The molecule has 1 N–H and O–H groups in total. The molecule has 1 unspecified atom stereocenters. The van der Waals surface area contributed by atoms with Crippen molar-refractivity contribution >= 4 is 23.2 Å². The number of pyridine rings is 1. The van der Waals surface area contributed by atoms with Gasteiger partial charge in [0.1, 0.15) is 5.82 Å². The number of carboxylic acids is 1. The van der Waals surface area contributed by atoms with Crippen molar-refractivity contribution in [3.8, 4) is 0 Å². The Morgan fingerprint density at radius 2 is 2.47 bits per heavy atom. The largest absolute Gasteiger partial charge is 0.478 e. The number of carboxylic acid groups (broad SMARTS) is 1. The summed E-state index contributed by atoms with van der Waals surface area (Å²) in [6.45, 7) is 0. The zero-order valence-corrected chi connectivity index (χ0v) is 11.4. The van der Waals surface area contributed by atoms with Crippen molar-refractivity contribution in [2.24, 2.45) is 5.92 Å². The molecule has 1 fully saturated rings. The van der Waals surface area contributed by atoms with Crippen LogP contribution >= 0.6 is 11.8 Å². The number of nitrogens with zero attached hydrogens (tertiary/aromatic N) is 2. The summed E-state index contributed by atoms with van der Waals surface area (Å²) in [6.07, 6.45) is 7.04. The maximum Gasteiger partial charge on any atom is 0.337 e. The minimum absolute atomic E-state index is 0.319. The quantitative estimate of drug-likeness (QED) is 0.936. The van der Waals surface area contributed by atoms with Gasteiger partial charge in [-0.2, -0.15) is 11.8 Å². The third-order valence-electron chi connectivity index (χ3n) is 3.60. The molecule has 1 aliphatic rings. The Morgan fingerprint density at radius 1 is 1.58 bits per heavy atom. The van der Waals surface area contributed by atoms with Crippen LogP contribution < -0.4 is 0 Å². The van der Waals surface area contributed by atoms with Crippen LogP contribution in [0.5, 0.6) is 0 Å². The summed E-state index contributed by atoms with van der Waals surface area (Å²) in [5, 5.41) is 9.17. The normalized spacial score (nSPS) is 19.7. The number of hydrogen-bond donors (Lipinski definition) is 1. The molecule has 1 aliphatic heterocycles. The fourth-order valence-corrected chi connectivity index (χ4v) is 3.79. The summed E-state index contributed by atoms with van der Waals surface area (Å²) in [5.41, 5.74) is 1.01. The molecule has 0 amide bonds. The molecular formula is C14H16N2O2S. The minimum atomic E-state index is -0.898. The van der Waals surface area contributed by atoms with E-state index in [4.69, 9.17) is 5.11 Å². The van der Waals surface area contributed by atoms with E-state index in [9.17, 15) is 4.79 Å². The molecule has 100 valence electrons. The third kappa shape index (κ3) is 2.47. The molecule has 3 heterocycles. The number of fused-ring (bicyclic) bond motifs is 1. The molecule has 1 atom stereocenters. The average Bonchev–Trinajstić information content (AvgIpc) is 2.83. The molecule has 0 saturated carbocycles. The van der Waals surface area contributed by atoms with E-state index in [0.29, 0.717) is 17.0 Å². The molecule has 4 nitrogen and oxygen atoms in total. The SMILES string of the molecule is O=C(O)c1cccn2c(CC3CCCSC3)ncc12. The Hall–Kier alpha value is -1.49. The molecule has 1 saturated heterocycles. The van der Waals surface area contributed by atoms with E-state index in [2.05, 4.69) is 4.98 Å². The lowest BCUT2D eigenvalue weighted by molar-refractivity contribution is 0.0698. The van der Waals surface area contributed by atoms with Crippen LogP contribution in [0.1, 0.15) is 29.0 Å². The van der Waals surface area contributed by atoms with Crippen molar-refractivity contribution in [2.45, 2.75) is 19.3 Å². The monoisotopic (exact) mass is 276 g/mol. The van der Waals surface area contributed by atoms with Crippen molar-refractivity contribution in [1.29, 1.82) is 0 Å². The molecule has 5 heteroatoms. The Morgan fingerprint density at radius 3 is 3.21 bits per heavy atom. The highest BCUT2D eigenvalue weighted by atomic mass is 32.2. The first kappa shape index (κ1) is 12.5. The fraction of sp³-hybridized carbons (Fsp3) is 0.429. The summed E-state index contributed by atoms with van der Waals surface area (Å²) in [4.78, 5) is 15.6. The van der Waals surface area contributed by atoms with Gasteiger partial charge in [-0.05, 0) is 42.4 Å². The molecule has 2 aromatic heterocycles. The van der Waals surface area contributed by atoms with Crippen LogP contribution in [0.4, 0.5) is 0 Å². The van der Waals surface area contributed by atoms with Crippen LogP contribution in [0, 0.1) is 5.92 Å². The second-order valence-corrected chi connectivity index (χ2v) is 6.09.